The lowest BCUT2D eigenvalue weighted by atomic mass is 9.87. The summed E-state index contributed by atoms with van der Waals surface area (Å²) in [6.07, 6.45) is 12.9. The summed E-state index contributed by atoms with van der Waals surface area (Å²) in [6, 6.07) is 0. The zero-order valence-electron chi connectivity index (χ0n) is 9.94. The molecule has 0 spiro atoms. The quantitative estimate of drug-likeness (QED) is 0.375. The van der Waals surface area contributed by atoms with E-state index in [1.54, 1.807) is 0 Å². The summed E-state index contributed by atoms with van der Waals surface area (Å²) in [5, 5.41) is 0. The smallest absolute Gasteiger partial charge is 0.0808 e. The molecule has 0 bridgehead atoms. The molecule has 1 atom stereocenters. The van der Waals surface area contributed by atoms with Crippen LogP contribution in [0.1, 0.15) is 65.2 Å². The van der Waals surface area contributed by atoms with Gasteiger partial charge in [0.1, 0.15) is 7.85 Å². The standard InChI is InChI=1S/C12H27B/c1-3-5-6-7-9-12(8-4-2)10-11-13/h12H,3-11,13H2,1-2H3. The highest BCUT2D eigenvalue weighted by Crippen LogP contribution is 2.20. The summed E-state index contributed by atoms with van der Waals surface area (Å²) in [5.74, 6) is 1.03. The van der Waals surface area contributed by atoms with Crippen molar-refractivity contribution >= 4 is 7.85 Å². The highest BCUT2D eigenvalue weighted by atomic mass is 14.1. The normalized spacial score (nSPS) is 13.1. The molecule has 0 saturated heterocycles. The Morgan fingerprint density at radius 2 is 1.62 bits per heavy atom. The van der Waals surface area contributed by atoms with Crippen LogP contribution in [0, 0.1) is 5.92 Å². The Morgan fingerprint density at radius 1 is 0.846 bits per heavy atom. The molecule has 0 aromatic carbocycles. The van der Waals surface area contributed by atoms with Crippen molar-refractivity contribution in [1.29, 1.82) is 0 Å². The Hall–Kier alpha value is 0.0649. The zero-order chi connectivity index (χ0) is 9.94. The minimum Gasteiger partial charge on any atom is -0.0808 e. The van der Waals surface area contributed by atoms with Gasteiger partial charge in [0.05, 0.1) is 0 Å². The van der Waals surface area contributed by atoms with Crippen molar-refractivity contribution < 1.29 is 0 Å². The number of unbranched alkanes of at least 4 members (excludes halogenated alkanes) is 3. The van der Waals surface area contributed by atoms with E-state index in [1.165, 1.54) is 57.7 Å². The number of hydrogen-bond donors (Lipinski definition) is 0. The molecule has 0 rings (SSSR count). The van der Waals surface area contributed by atoms with Gasteiger partial charge in [-0.1, -0.05) is 71.5 Å². The number of rotatable bonds is 9. The van der Waals surface area contributed by atoms with Crippen molar-refractivity contribution in [1.82, 2.24) is 0 Å². The van der Waals surface area contributed by atoms with Crippen molar-refractivity contribution in [2.24, 2.45) is 5.92 Å². The molecule has 0 amide bonds. The van der Waals surface area contributed by atoms with Gasteiger partial charge in [0.2, 0.25) is 0 Å². The molecule has 0 saturated carbocycles. The molecular formula is C12H27B. The van der Waals surface area contributed by atoms with Crippen LogP contribution in [-0.2, 0) is 0 Å². The van der Waals surface area contributed by atoms with Crippen molar-refractivity contribution in [2.75, 3.05) is 0 Å². The largest absolute Gasteiger partial charge is 0.101 e. The molecule has 0 aromatic rings. The average Bonchev–Trinajstić information content (AvgIpc) is 2.13. The monoisotopic (exact) mass is 182 g/mol. The fraction of sp³-hybridized carbons (Fsp3) is 1.00. The van der Waals surface area contributed by atoms with Gasteiger partial charge in [-0.2, -0.15) is 0 Å². The van der Waals surface area contributed by atoms with Gasteiger partial charge in [0.25, 0.3) is 0 Å². The Bertz CT molecular complexity index is 85.1. The number of hydrogen-bond acceptors (Lipinski definition) is 0. The lowest BCUT2D eigenvalue weighted by Gasteiger charge is -2.14. The van der Waals surface area contributed by atoms with E-state index in [1.807, 2.05) is 0 Å². The van der Waals surface area contributed by atoms with Gasteiger partial charge >= 0.3 is 0 Å². The van der Waals surface area contributed by atoms with Crippen LogP contribution >= 0.6 is 0 Å². The maximum absolute atomic E-state index is 2.31. The Labute approximate surface area is 85.9 Å². The molecule has 0 aromatic heterocycles. The molecule has 1 heteroatoms. The summed E-state index contributed by atoms with van der Waals surface area (Å²) < 4.78 is 0. The van der Waals surface area contributed by atoms with E-state index in [-0.39, 0.29) is 0 Å². The molecule has 0 heterocycles. The van der Waals surface area contributed by atoms with Gasteiger partial charge in [-0.05, 0) is 5.92 Å². The molecular weight excluding hydrogens is 155 g/mol. The van der Waals surface area contributed by atoms with E-state index < -0.39 is 0 Å². The highest BCUT2D eigenvalue weighted by molar-refractivity contribution is 6.08. The van der Waals surface area contributed by atoms with Gasteiger partial charge in [0, 0.05) is 0 Å². The van der Waals surface area contributed by atoms with Crippen LogP contribution in [0.3, 0.4) is 0 Å². The molecule has 1 unspecified atom stereocenters. The van der Waals surface area contributed by atoms with E-state index in [4.69, 9.17) is 0 Å². The Kier molecular flexibility index (Phi) is 10.2. The van der Waals surface area contributed by atoms with E-state index in [0.717, 1.165) is 5.92 Å². The molecule has 0 N–H and O–H groups in total. The first-order valence-corrected chi connectivity index (χ1v) is 6.35. The average molecular weight is 182 g/mol. The first kappa shape index (κ1) is 13.1. The van der Waals surface area contributed by atoms with Crippen LogP contribution in [0.25, 0.3) is 0 Å². The van der Waals surface area contributed by atoms with Crippen molar-refractivity contribution in [3.8, 4) is 0 Å². The van der Waals surface area contributed by atoms with E-state index in [0.29, 0.717) is 0 Å². The van der Waals surface area contributed by atoms with Crippen molar-refractivity contribution in [2.45, 2.75) is 71.5 Å². The molecule has 0 radical (unpaired) electrons. The fourth-order valence-corrected chi connectivity index (χ4v) is 2.11. The Morgan fingerprint density at radius 3 is 2.15 bits per heavy atom. The molecule has 0 aliphatic carbocycles. The maximum Gasteiger partial charge on any atom is 0.101 e. The third kappa shape index (κ3) is 8.40. The van der Waals surface area contributed by atoms with Gasteiger partial charge in [-0.15, -0.1) is 0 Å². The zero-order valence-corrected chi connectivity index (χ0v) is 9.94. The molecule has 0 aliphatic rings. The van der Waals surface area contributed by atoms with Crippen LogP contribution < -0.4 is 0 Å². The molecule has 0 fully saturated rings. The first-order chi connectivity index (χ1) is 6.35. The lowest BCUT2D eigenvalue weighted by molar-refractivity contribution is 0.410. The van der Waals surface area contributed by atoms with Gasteiger partial charge in [-0.3, -0.25) is 0 Å². The lowest BCUT2D eigenvalue weighted by Crippen LogP contribution is -1.99. The van der Waals surface area contributed by atoms with Gasteiger partial charge in [0.15, 0.2) is 0 Å². The second kappa shape index (κ2) is 10.1. The predicted molar refractivity (Wildman–Crippen MR) is 65.1 cm³/mol. The second-order valence-corrected chi connectivity index (χ2v) is 4.29. The van der Waals surface area contributed by atoms with Crippen LogP contribution in [-0.4, -0.2) is 7.85 Å². The third-order valence-electron chi connectivity index (χ3n) is 2.86. The second-order valence-electron chi connectivity index (χ2n) is 4.29. The van der Waals surface area contributed by atoms with E-state index >= 15 is 0 Å². The summed E-state index contributed by atoms with van der Waals surface area (Å²) in [7, 11) is 2.31. The molecule has 0 nitrogen and oxygen atoms in total. The third-order valence-corrected chi connectivity index (χ3v) is 2.86. The minimum absolute atomic E-state index is 1.03. The van der Waals surface area contributed by atoms with E-state index in [9.17, 15) is 0 Å². The summed E-state index contributed by atoms with van der Waals surface area (Å²) in [5.41, 5.74) is 0. The topological polar surface area (TPSA) is 0 Å². The van der Waals surface area contributed by atoms with E-state index in [2.05, 4.69) is 21.7 Å². The van der Waals surface area contributed by atoms with Gasteiger partial charge in [-0.25, -0.2) is 0 Å². The first-order valence-electron chi connectivity index (χ1n) is 6.35. The molecule has 0 aliphatic heterocycles. The van der Waals surface area contributed by atoms with Crippen LogP contribution in [0.5, 0.6) is 0 Å². The van der Waals surface area contributed by atoms with Crippen LogP contribution in [0.15, 0.2) is 0 Å². The van der Waals surface area contributed by atoms with Crippen LogP contribution in [0.4, 0.5) is 0 Å². The van der Waals surface area contributed by atoms with Gasteiger partial charge < -0.3 is 0 Å². The summed E-state index contributed by atoms with van der Waals surface area (Å²) in [6.45, 7) is 4.60. The van der Waals surface area contributed by atoms with Crippen molar-refractivity contribution in [3.63, 3.8) is 0 Å². The fourth-order valence-electron chi connectivity index (χ4n) is 2.11. The predicted octanol–water partition coefficient (Wildman–Crippen LogP) is 3.81. The summed E-state index contributed by atoms with van der Waals surface area (Å²) in [4.78, 5) is 0. The maximum atomic E-state index is 2.31. The minimum atomic E-state index is 1.03. The molecule has 78 valence electrons. The highest BCUT2D eigenvalue weighted by Gasteiger charge is 2.05. The molecule has 13 heavy (non-hydrogen) atoms. The van der Waals surface area contributed by atoms with Crippen molar-refractivity contribution in [3.05, 3.63) is 0 Å². The SMILES string of the molecule is BCCC(CCC)CCCCCC. The summed E-state index contributed by atoms with van der Waals surface area (Å²) >= 11 is 0. The Balaban J connectivity index is 3.33. The van der Waals surface area contributed by atoms with Crippen LogP contribution in [0.2, 0.25) is 6.32 Å².